The molecule has 2 aliphatic heterocycles. The molecule has 0 aliphatic carbocycles. The molecule has 1 aromatic heterocycles. The summed E-state index contributed by atoms with van der Waals surface area (Å²) in [7, 11) is 1.72. The van der Waals surface area contributed by atoms with E-state index in [4.69, 9.17) is 0 Å². The van der Waals surface area contributed by atoms with E-state index in [1.165, 1.54) is 5.56 Å². The highest BCUT2D eigenvalue weighted by atomic mass is 16.2. The van der Waals surface area contributed by atoms with Gasteiger partial charge in [-0.25, -0.2) is 4.79 Å². The Morgan fingerprint density at radius 3 is 2.46 bits per heavy atom. The van der Waals surface area contributed by atoms with Gasteiger partial charge in [0, 0.05) is 26.0 Å². The number of rotatable bonds is 3. The molecule has 1 aromatic carbocycles. The van der Waals surface area contributed by atoms with Crippen LogP contribution in [-0.2, 0) is 11.3 Å². The smallest absolute Gasteiger partial charge is 0.322 e. The monoisotopic (exact) mass is 376 g/mol. The van der Waals surface area contributed by atoms with Crippen molar-refractivity contribution in [2.24, 2.45) is 0 Å². The highest BCUT2D eigenvalue weighted by Crippen LogP contribution is 2.37. The Hall–Kier alpha value is -3.15. The lowest BCUT2D eigenvalue weighted by Gasteiger charge is -2.32. The maximum absolute atomic E-state index is 13.3. The van der Waals surface area contributed by atoms with E-state index in [2.05, 4.69) is 36.3 Å². The fourth-order valence-electron chi connectivity index (χ4n) is 3.99. The third kappa shape index (κ3) is 2.95. The zero-order chi connectivity index (χ0) is 20.0. The minimum absolute atomic E-state index is 0.0266. The van der Waals surface area contributed by atoms with Crippen LogP contribution in [0.2, 0.25) is 0 Å². The first-order valence-corrected chi connectivity index (χ1v) is 9.40. The van der Waals surface area contributed by atoms with E-state index in [0.717, 1.165) is 28.0 Å². The predicted molar refractivity (Wildman–Crippen MR) is 106 cm³/mol. The van der Waals surface area contributed by atoms with Crippen LogP contribution in [0.4, 0.5) is 4.79 Å². The number of urea groups is 1. The molecule has 0 radical (unpaired) electrons. The van der Waals surface area contributed by atoms with Crippen molar-refractivity contribution in [3.8, 4) is 0 Å². The second kappa shape index (κ2) is 6.78. The van der Waals surface area contributed by atoms with Crippen molar-refractivity contribution >= 4 is 11.9 Å². The third-order valence-corrected chi connectivity index (χ3v) is 5.75. The van der Waals surface area contributed by atoms with Gasteiger partial charge < -0.3 is 10.2 Å². The molecule has 2 aliphatic rings. The highest BCUT2D eigenvalue weighted by molar-refractivity contribution is 6.01. The highest BCUT2D eigenvalue weighted by Gasteiger charge is 2.43. The SMILES string of the molecule is Cc1cc(C)c([C@H]2NC(=O)N(C)C3=C2C(=O)N(Cc2ccncc2)C3)cc1C. The lowest BCUT2D eigenvalue weighted by Crippen LogP contribution is -2.45. The molecule has 0 saturated heterocycles. The Labute approximate surface area is 164 Å². The number of hydrogen-bond acceptors (Lipinski definition) is 3. The van der Waals surface area contributed by atoms with Crippen LogP contribution in [0.15, 0.2) is 47.9 Å². The molecule has 2 aromatic rings. The van der Waals surface area contributed by atoms with Crippen molar-refractivity contribution in [1.82, 2.24) is 20.1 Å². The first-order valence-electron chi connectivity index (χ1n) is 9.40. The van der Waals surface area contributed by atoms with Crippen molar-refractivity contribution in [3.05, 3.63) is 75.7 Å². The normalized spacial score (nSPS) is 19.2. The van der Waals surface area contributed by atoms with Crippen LogP contribution in [-0.4, -0.2) is 40.3 Å². The van der Waals surface area contributed by atoms with Gasteiger partial charge in [0.1, 0.15) is 0 Å². The second-order valence-electron chi connectivity index (χ2n) is 7.61. The van der Waals surface area contributed by atoms with E-state index >= 15 is 0 Å². The Morgan fingerprint density at radius 1 is 1.07 bits per heavy atom. The quantitative estimate of drug-likeness (QED) is 0.896. The average molecular weight is 376 g/mol. The molecule has 0 unspecified atom stereocenters. The molecule has 3 amide bonds. The van der Waals surface area contributed by atoms with Crippen LogP contribution in [0.5, 0.6) is 0 Å². The van der Waals surface area contributed by atoms with Gasteiger partial charge in [0.2, 0.25) is 0 Å². The first-order chi connectivity index (χ1) is 13.4. The molecule has 28 heavy (non-hydrogen) atoms. The average Bonchev–Trinajstić information content (AvgIpc) is 2.99. The fraction of sp³-hybridized carbons (Fsp3) is 0.318. The zero-order valence-corrected chi connectivity index (χ0v) is 16.6. The summed E-state index contributed by atoms with van der Waals surface area (Å²) >= 11 is 0. The summed E-state index contributed by atoms with van der Waals surface area (Å²) in [6.07, 6.45) is 3.45. The number of carbonyl (C=O) groups is 2. The van der Waals surface area contributed by atoms with Gasteiger partial charge >= 0.3 is 6.03 Å². The van der Waals surface area contributed by atoms with Gasteiger partial charge in [-0.15, -0.1) is 0 Å². The van der Waals surface area contributed by atoms with E-state index < -0.39 is 6.04 Å². The maximum atomic E-state index is 13.3. The topological polar surface area (TPSA) is 65.5 Å². The number of pyridine rings is 1. The summed E-state index contributed by atoms with van der Waals surface area (Å²) in [4.78, 5) is 33.3. The number of benzene rings is 1. The Kier molecular flexibility index (Phi) is 4.41. The van der Waals surface area contributed by atoms with Gasteiger partial charge in [-0.3, -0.25) is 14.7 Å². The lowest BCUT2D eigenvalue weighted by atomic mass is 9.90. The number of likely N-dealkylation sites (N-methyl/N-ethyl adjacent to an activating group) is 1. The van der Waals surface area contributed by atoms with Crippen LogP contribution in [0.25, 0.3) is 0 Å². The molecule has 1 atom stereocenters. The van der Waals surface area contributed by atoms with E-state index in [1.54, 1.807) is 29.2 Å². The summed E-state index contributed by atoms with van der Waals surface area (Å²) in [5.74, 6) is -0.0266. The van der Waals surface area contributed by atoms with Crippen LogP contribution in [0.3, 0.4) is 0 Å². The summed E-state index contributed by atoms with van der Waals surface area (Å²) < 4.78 is 0. The lowest BCUT2D eigenvalue weighted by molar-refractivity contribution is -0.126. The molecule has 4 rings (SSSR count). The van der Waals surface area contributed by atoms with Gasteiger partial charge in [-0.05, 0) is 60.7 Å². The maximum Gasteiger partial charge on any atom is 0.322 e. The molecule has 6 heteroatoms. The first kappa shape index (κ1) is 18.2. The van der Waals surface area contributed by atoms with Crippen LogP contribution < -0.4 is 5.32 Å². The van der Waals surface area contributed by atoms with Crippen molar-refractivity contribution in [2.75, 3.05) is 13.6 Å². The Balaban J connectivity index is 1.73. The van der Waals surface area contributed by atoms with Crippen LogP contribution in [0.1, 0.15) is 33.9 Å². The number of carbonyl (C=O) groups excluding carboxylic acids is 2. The number of nitrogens with one attached hydrogen (secondary N) is 1. The van der Waals surface area contributed by atoms with Crippen LogP contribution >= 0.6 is 0 Å². The number of nitrogens with zero attached hydrogens (tertiary/aromatic N) is 3. The predicted octanol–water partition coefficient (Wildman–Crippen LogP) is 3.00. The van der Waals surface area contributed by atoms with Crippen molar-refractivity contribution < 1.29 is 9.59 Å². The van der Waals surface area contributed by atoms with E-state index in [0.29, 0.717) is 18.7 Å². The van der Waals surface area contributed by atoms with E-state index in [9.17, 15) is 9.59 Å². The molecule has 6 nitrogen and oxygen atoms in total. The molecular formula is C22H24N4O2. The van der Waals surface area contributed by atoms with Crippen molar-refractivity contribution in [3.63, 3.8) is 0 Å². The molecule has 144 valence electrons. The number of hydrogen-bond donors (Lipinski definition) is 1. The molecular weight excluding hydrogens is 352 g/mol. The molecule has 3 heterocycles. The number of aryl methyl sites for hydroxylation is 3. The van der Waals surface area contributed by atoms with Gasteiger partial charge in [0.15, 0.2) is 0 Å². The summed E-state index contributed by atoms with van der Waals surface area (Å²) in [5, 5.41) is 3.03. The van der Waals surface area contributed by atoms with Gasteiger partial charge in [0.25, 0.3) is 5.91 Å². The Bertz CT molecular complexity index is 997. The minimum Gasteiger partial charge on any atom is -0.329 e. The largest absolute Gasteiger partial charge is 0.329 e. The summed E-state index contributed by atoms with van der Waals surface area (Å²) in [6.45, 7) is 7.08. The van der Waals surface area contributed by atoms with Gasteiger partial charge in [-0.1, -0.05) is 12.1 Å². The van der Waals surface area contributed by atoms with Crippen molar-refractivity contribution in [2.45, 2.75) is 33.4 Å². The molecule has 0 spiro atoms. The summed E-state index contributed by atoms with van der Waals surface area (Å²) in [6, 6.07) is 7.41. The fourth-order valence-corrected chi connectivity index (χ4v) is 3.99. The molecule has 0 bridgehead atoms. The third-order valence-electron chi connectivity index (χ3n) is 5.75. The second-order valence-corrected chi connectivity index (χ2v) is 7.61. The Morgan fingerprint density at radius 2 is 1.75 bits per heavy atom. The number of amides is 3. The van der Waals surface area contributed by atoms with E-state index in [1.807, 2.05) is 19.1 Å². The van der Waals surface area contributed by atoms with Gasteiger partial charge in [0.05, 0.1) is 23.9 Å². The standard InChI is InChI=1S/C22H24N4O2/c1-13-9-15(3)17(10-14(13)2)20-19-18(25(4)22(28)24-20)12-26(21(19)27)11-16-5-7-23-8-6-16/h5-10,20H,11-12H2,1-4H3,(H,24,28)/t20-/m1/s1. The minimum atomic E-state index is -0.423. The summed E-state index contributed by atoms with van der Waals surface area (Å²) in [5.41, 5.74) is 6.88. The zero-order valence-electron chi connectivity index (χ0n) is 16.6. The molecule has 0 saturated carbocycles. The van der Waals surface area contributed by atoms with Crippen LogP contribution in [0, 0.1) is 20.8 Å². The molecule has 0 fully saturated rings. The van der Waals surface area contributed by atoms with Crippen molar-refractivity contribution in [1.29, 1.82) is 0 Å². The molecule has 1 N–H and O–H groups in total. The van der Waals surface area contributed by atoms with Gasteiger partial charge in [-0.2, -0.15) is 0 Å². The van der Waals surface area contributed by atoms with E-state index in [-0.39, 0.29) is 11.9 Å². The number of aromatic nitrogens is 1.